The third-order valence-electron chi connectivity index (χ3n) is 3.67. The smallest absolute Gasteiger partial charge is 0.343 e. The third-order valence-corrected chi connectivity index (χ3v) is 4.20. The Bertz CT molecular complexity index is 1020. The van der Waals surface area contributed by atoms with Crippen molar-refractivity contribution >= 4 is 34.0 Å². The predicted octanol–water partition coefficient (Wildman–Crippen LogP) is 4.57. The topological polar surface area (TPSA) is 67.8 Å². The molecule has 1 amide bonds. The third kappa shape index (κ3) is 5.11. The van der Waals surface area contributed by atoms with E-state index in [0.29, 0.717) is 16.9 Å². The lowest BCUT2D eigenvalue weighted by atomic mass is 10.2. The summed E-state index contributed by atoms with van der Waals surface area (Å²) in [6.45, 7) is 0. The van der Waals surface area contributed by atoms with Crippen LogP contribution < -0.4 is 10.2 Å². The summed E-state index contributed by atoms with van der Waals surface area (Å²) in [4.78, 5) is 23.9. The molecule has 0 radical (unpaired) electrons. The van der Waals surface area contributed by atoms with Gasteiger partial charge in [-0.2, -0.15) is 5.10 Å². The number of rotatable bonds is 5. The van der Waals surface area contributed by atoms with E-state index in [1.807, 2.05) is 0 Å². The van der Waals surface area contributed by atoms with Crippen LogP contribution in [0.2, 0.25) is 0 Å². The van der Waals surface area contributed by atoms with Gasteiger partial charge in [0.05, 0.1) is 17.3 Å². The van der Waals surface area contributed by atoms with E-state index in [9.17, 15) is 14.0 Å². The molecule has 0 saturated carbocycles. The molecular weight excluding hydrogens is 427 g/mol. The average Bonchev–Trinajstić information content (AvgIpc) is 2.70. The first-order valence-corrected chi connectivity index (χ1v) is 8.98. The molecule has 0 aliphatic rings. The molecule has 5 nitrogen and oxygen atoms in total. The van der Waals surface area contributed by atoms with Crippen LogP contribution in [-0.2, 0) is 0 Å². The summed E-state index contributed by atoms with van der Waals surface area (Å²) in [5, 5.41) is 3.80. The quantitative estimate of drug-likeness (QED) is 0.273. The highest BCUT2D eigenvalue weighted by atomic mass is 79.9. The van der Waals surface area contributed by atoms with Gasteiger partial charge in [0.1, 0.15) is 11.6 Å². The van der Waals surface area contributed by atoms with Gasteiger partial charge in [0.15, 0.2) is 0 Å². The van der Waals surface area contributed by atoms with Crippen molar-refractivity contribution in [3.8, 4) is 5.75 Å². The lowest BCUT2D eigenvalue weighted by molar-refractivity contribution is 0.0734. The standard InChI is InChI=1S/C21H14BrFN2O3/c22-16-9-7-15(8-10-16)21(27)28-17-11-5-14(6-12-17)13-24-25-20(26)18-3-1-2-4-19(18)23/h1-13H,(H,25,26)/b24-13-. The summed E-state index contributed by atoms with van der Waals surface area (Å²) < 4.78 is 19.7. The minimum absolute atomic E-state index is 0.0881. The van der Waals surface area contributed by atoms with Crippen molar-refractivity contribution in [3.05, 3.63) is 99.8 Å². The van der Waals surface area contributed by atoms with Crippen molar-refractivity contribution in [1.29, 1.82) is 0 Å². The monoisotopic (exact) mass is 440 g/mol. The van der Waals surface area contributed by atoms with Crippen molar-refractivity contribution in [1.82, 2.24) is 5.43 Å². The Morgan fingerprint density at radius 3 is 2.32 bits per heavy atom. The molecule has 0 heterocycles. The van der Waals surface area contributed by atoms with Gasteiger partial charge in [-0.1, -0.05) is 28.1 Å². The van der Waals surface area contributed by atoms with Gasteiger partial charge in [0, 0.05) is 4.47 Å². The molecule has 0 unspecified atom stereocenters. The molecule has 3 aromatic carbocycles. The molecule has 0 aliphatic carbocycles. The maximum Gasteiger partial charge on any atom is 0.343 e. The number of benzene rings is 3. The Hall–Kier alpha value is -3.32. The van der Waals surface area contributed by atoms with E-state index in [1.54, 1.807) is 54.6 Å². The lowest BCUT2D eigenvalue weighted by Gasteiger charge is -2.05. The maximum atomic E-state index is 13.5. The van der Waals surface area contributed by atoms with Crippen LogP contribution in [0, 0.1) is 5.82 Å². The van der Waals surface area contributed by atoms with Crippen molar-refractivity contribution in [2.24, 2.45) is 5.10 Å². The minimum Gasteiger partial charge on any atom is -0.423 e. The first-order chi connectivity index (χ1) is 13.5. The van der Waals surface area contributed by atoms with Gasteiger partial charge < -0.3 is 4.74 Å². The number of hydrogen-bond donors (Lipinski definition) is 1. The number of carbonyl (C=O) groups is 2. The highest BCUT2D eigenvalue weighted by molar-refractivity contribution is 9.10. The van der Waals surface area contributed by atoms with Gasteiger partial charge in [0.2, 0.25) is 0 Å². The Morgan fingerprint density at radius 1 is 0.964 bits per heavy atom. The average molecular weight is 441 g/mol. The fraction of sp³-hybridized carbons (Fsp3) is 0. The fourth-order valence-electron chi connectivity index (χ4n) is 2.24. The van der Waals surface area contributed by atoms with Crippen LogP contribution in [0.1, 0.15) is 26.3 Å². The normalized spacial score (nSPS) is 10.6. The van der Waals surface area contributed by atoms with Crippen LogP contribution in [0.15, 0.2) is 82.4 Å². The second-order valence-electron chi connectivity index (χ2n) is 5.64. The zero-order valence-electron chi connectivity index (χ0n) is 14.4. The zero-order chi connectivity index (χ0) is 19.9. The predicted molar refractivity (Wildman–Crippen MR) is 107 cm³/mol. The molecule has 0 atom stereocenters. The first-order valence-electron chi connectivity index (χ1n) is 8.19. The van der Waals surface area contributed by atoms with E-state index < -0.39 is 17.7 Å². The number of amides is 1. The number of nitrogens with zero attached hydrogens (tertiary/aromatic N) is 1. The van der Waals surface area contributed by atoms with E-state index in [4.69, 9.17) is 4.74 Å². The van der Waals surface area contributed by atoms with Crippen LogP contribution in [0.5, 0.6) is 5.75 Å². The molecule has 140 valence electrons. The summed E-state index contributed by atoms with van der Waals surface area (Å²) in [5.41, 5.74) is 3.27. The Labute approximate surface area is 169 Å². The lowest BCUT2D eigenvalue weighted by Crippen LogP contribution is -2.18. The second-order valence-corrected chi connectivity index (χ2v) is 6.56. The number of nitrogens with one attached hydrogen (secondary N) is 1. The van der Waals surface area contributed by atoms with E-state index in [0.717, 1.165) is 4.47 Å². The van der Waals surface area contributed by atoms with Gasteiger partial charge in [-0.05, 0) is 66.2 Å². The Morgan fingerprint density at radius 2 is 1.64 bits per heavy atom. The summed E-state index contributed by atoms with van der Waals surface area (Å²) in [7, 11) is 0. The molecule has 3 rings (SSSR count). The zero-order valence-corrected chi connectivity index (χ0v) is 16.0. The van der Waals surface area contributed by atoms with Crippen molar-refractivity contribution in [2.45, 2.75) is 0 Å². The van der Waals surface area contributed by atoms with Crippen LogP contribution in [0.25, 0.3) is 0 Å². The molecule has 0 saturated heterocycles. The molecule has 0 aromatic heterocycles. The van der Waals surface area contributed by atoms with Crippen molar-refractivity contribution < 1.29 is 18.7 Å². The van der Waals surface area contributed by atoms with Crippen LogP contribution >= 0.6 is 15.9 Å². The first kappa shape index (κ1) is 19.4. The fourth-order valence-corrected chi connectivity index (χ4v) is 2.51. The van der Waals surface area contributed by atoms with Crippen molar-refractivity contribution in [2.75, 3.05) is 0 Å². The molecule has 0 spiro atoms. The van der Waals surface area contributed by atoms with Gasteiger partial charge in [-0.25, -0.2) is 14.6 Å². The largest absolute Gasteiger partial charge is 0.423 e. The SMILES string of the molecule is O=C(Oc1ccc(/C=N\NC(=O)c2ccccc2F)cc1)c1ccc(Br)cc1. The van der Waals surface area contributed by atoms with E-state index >= 15 is 0 Å². The van der Waals surface area contributed by atoms with Gasteiger partial charge in [0.25, 0.3) is 5.91 Å². The molecule has 0 fully saturated rings. The number of esters is 1. The highest BCUT2D eigenvalue weighted by Gasteiger charge is 2.10. The van der Waals surface area contributed by atoms with Crippen LogP contribution in [0.4, 0.5) is 4.39 Å². The van der Waals surface area contributed by atoms with Gasteiger partial charge in [-0.15, -0.1) is 0 Å². The number of ether oxygens (including phenoxy) is 1. The number of halogens is 2. The van der Waals surface area contributed by atoms with Gasteiger partial charge >= 0.3 is 5.97 Å². The van der Waals surface area contributed by atoms with E-state index in [2.05, 4.69) is 26.5 Å². The molecule has 28 heavy (non-hydrogen) atoms. The van der Waals surface area contributed by atoms with Crippen molar-refractivity contribution in [3.63, 3.8) is 0 Å². The second kappa shape index (κ2) is 9.05. The summed E-state index contributed by atoms with van der Waals surface area (Å²) in [6.07, 6.45) is 1.40. The molecule has 3 aromatic rings. The van der Waals surface area contributed by atoms with E-state index in [1.165, 1.54) is 24.4 Å². The van der Waals surface area contributed by atoms with Crippen LogP contribution in [0.3, 0.4) is 0 Å². The summed E-state index contributed by atoms with van der Waals surface area (Å²) >= 11 is 3.31. The molecule has 0 bridgehead atoms. The number of carbonyl (C=O) groups excluding carboxylic acids is 2. The molecule has 1 N–H and O–H groups in total. The minimum atomic E-state index is -0.644. The number of hydrogen-bond acceptors (Lipinski definition) is 4. The molecular formula is C21H14BrFN2O3. The van der Waals surface area contributed by atoms with E-state index in [-0.39, 0.29) is 5.56 Å². The number of hydrazone groups is 1. The molecule has 7 heteroatoms. The maximum absolute atomic E-state index is 13.5. The molecule has 0 aliphatic heterocycles. The van der Waals surface area contributed by atoms with Gasteiger partial charge in [-0.3, -0.25) is 4.79 Å². The Balaban J connectivity index is 1.57. The highest BCUT2D eigenvalue weighted by Crippen LogP contribution is 2.15. The summed E-state index contributed by atoms with van der Waals surface area (Å²) in [6, 6.07) is 19.0. The summed E-state index contributed by atoms with van der Waals surface area (Å²) in [5.74, 6) is -1.35. The van der Waals surface area contributed by atoms with Crippen LogP contribution in [-0.4, -0.2) is 18.1 Å². The Kier molecular flexibility index (Phi) is 6.29.